The van der Waals surface area contributed by atoms with Gasteiger partial charge >= 0.3 is 16.3 Å². The number of anilines is 1. The van der Waals surface area contributed by atoms with Crippen molar-refractivity contribution in [3.8, 4) is 0 Å². The SMILES string of the molecule is O=C(O)N1CCC(N2Cc3ccccc3NS2(=O)=O)CC1. The number of nitrogens with one attached hydrogen (secondary N) is 1. The number of hydrogen-bond acceptors (Lipinski definition) is 3. The van der Waals surface area contributed by atoms with Crippen LogP contribution < -0.4 is 4.72 Å². The molecule has 0 radical (unpaired) electrons. The van der Waals surface area contributed by atoms with Gasteiger partial charge in [0.1, 0.15) is 0 Å². The van der Waals surface area contributed by atoms with Gasteiger partial charge in [0.2, 0.25) is 0 Å². The topological polar surface area (TPSA) is 89.9 Å². The van der Waals surface area contributed by atoms with Crippen LogP contribution in [0.4, 0.5) is 10.5 Å². The summed E-state index contributed by atoms with van der Waals surface area (Å²) in [5.41, 5.74) is 1.56. The fourth-order valence-electron chi connectivity index (χ4n) is 2.88. The normalized spacial score (nSPS) is 22.4. The molecule has 0 unspecified atom stereocenters. The highest BCUT2D eigenvalue weighted by atomic mass is 32.2. The van der Waals surface area contributed by atoms with Gasteiger partial charge in [0.05, 0.1) is 5.69 Å². The first-order valence-electron chi connectivity index (χ1n) is 6.83. The first-order chi connectivity index (χ1) is 9.97. The fraction of sp³-hybridized carbons (Fsp3) is 0.462. The maximum Gasteiger partial charge on any atom is 0.407 e. The Hall–Kier alpha value is -1.80. The molecule has 0 spiro atoms. The Morgan fingerprint density at radius 2 is 1.90 bits per heavy atom. The van der Waals surface area contributed by atoms with Gasteiger partial charge in [-0.2, -0.15) is 12.7 Å². The molecule has 2 N–H and O–H groups in total. The second-order valence-electron chi connectivity index (χ2n) is 5.31. The summed E-state index contributed by atoms with van der Waals surface area (Å²) in [6.07, 6.45) is 0.100. The maximum absolute atomic E-state index is 12.3. The summed E-state index contributed by atoms with van der Waals surface area (Å²) in [4.78, 5) is 12.2. The zero-order valence-electron chi connectivity index (χ0n) is 11.4. The van der Waals surface area contributed by atoms with Crippen LogP contribution in [0.2, 0.25) is 0 Å². The molecule has 0 aliphatic carbocycles. The van der Waals surface area contributed by atoms with Gasteiger partial charge in [-0.3, -0.25) is 4.72 Å². The van der Waals surface area contributed by atoms with Crippen LogP contribution in [0.25, 0.3) is 0 Å². The summed E-state index contributed by atoms with van der Waals surface area (Å²) in [6.45, 7) is 1.07. The number of carbonyl (C=O) groups is 1. The van der Waals surface area contributed by atoms with Crippen LogP contribution in [-0.4, -0.2) is 48.0 Å². The average molecular weight is 311 g/mol. The minimum absolute atomic E-state index is 0.161. The van der Waals surface area contributed by atoms with Gasteiger partial charge in [-0.15, -0.1) is 0 Å². The van der Waals surface area contributed by atoms with Gasteiger partial charge in [-0.1, -0.05) is 18.2 Å². The van der Waals surface area contributed by atoms with Crippen molar-refractivity contribution in [1.29, 1.82) is 0 Å². The third-order valence-corrected chi connectivity index (χ3v) is 5.56. The smallest absolute Gasteiger partial charge is 0.407 e. The minimum Gasteiger partial charge on any atom is -0.465 e. The molecule has 1 fully saturated rings. The van der Waals surface area contributed by atoms with Crippen molar-refractivity contribution in [3.05, 3.63) is 29.8 Å². The highest BCUT2D eigenvalue weighted by molar-refractivity contribution is 7.90. The standard InChI is InChI=1S/C13H17N3O4S/c17-13(18)15-7-5-11(6-8-15)16-9-10-3-1-2-4-12(10)14-21(16,19)20/h1-4,11,14H,5-9H2,(H,17,18). The molecule has 0 bridgehead atoms. The van der Waals surface area contributed by atoms with E-state index in [2.05, 4.69) is 4.72 Å². The number of likely N-dealkylation sites (tertiary alicyclic amines) is 1. The molecule has 2 aliphatic rings. The molecule has 0 saturated carbocycles. The highest BCUT2D eigenvalue weighted by Gasteiger charge is 2.36. The molecule has 114 valence electrons. The Labute approximate surface area is 123 Å². The van der Waals surface area contributed by atoms with Crippen LogP contribution in [-0.2, 0) is 16.8 Å². The lowest BCUT2D eigenvalue weighted by Gasteiger charge is -2.39. The molecule has 0 atom stereocenters. The number of rotatable bonds is 1. The van der Waals surface area contributed by atoms with E-state index in [1.807, 2.05) is 12.1 Å². The van der Waals surface area contributed by atoms with Crippen molar-refractivity contribution < 1.29 is 18.3 Å². The molecule has 7 nitrogen and oxygen atoms in total. The summed E-state index contributed by atoms with van der Waals surface area (Å²) in [7, 11) is -3.56. The van der Waals surface area contributed by atoms with Crippen LogP contribution in [0, 0.1) is 0 Å². The molecule has 3 rings (SSSR count). The number of piperidine rings is 1. The van der Waals surface area contributed by atoms with Crippen molar-refractivity contribution in [2.45, 2.75) is 25.4 Å². The first-order valence-corrected chi connectivity index (χ1v) is 8.27. The second kappa shape index (κ2) is 5.19. The molecule has 1 aromatic carbocycles. The number of carboxylic acid groups (broad SMARTS) is 1. The number of fused-ring (bicyclic) bond motifs is 1. The van der Waals surface area contributed by atoms with E-state index in [0.717, 1.165) is 5.56 Å². The van der Waals surface area contributed by atoms with Crippen molar-refractivity contribution >= 4 is 22.0 Å². The lowest BCUT2D eigenvalue weighted by Crippen LogP contribution is -2.51. The Morgan fingerprint density at radius 3 is 2.57 bits per heavy atom. The van der Waals surface area contributed by atoms with E-state index in [9.17, 15) is 13.2 Å². The zero-order valence-corrected chi connectivity index (χ0v) is 12.2. The Kier molecular flexibility index (Phi) is 3.50. The average Bonchev–Trinajstić information content (AvgIpc) is 2.45. The van der Waals surface area contributed by atoms with Crippen LogP contribution >= 0.6 is 0 Å². The molecule has 8 heteroatoms. The summed E-state index contributed by atoms with van der Waals surface area (Å²) in [5.74, 6) is 0. The first kappa shape index (κ1) is 14.2. The number of benzene rings is 1. The highest BCUT2D eigenvalue weighted by Crippen LogP contribution is 2.30. The van der Waals surface area contributed by atoms with Gasteiger partial charge in [0.15, 0.2) is 0 Å². The van der Waals surface area contributed by atoms with E-state index < -0.39 is 16.3 Å². The Bertz CT molecular complexity index is 653. The van der Waals surface area contributed by atoms with E-state index >= 15 is 0 Å². The van der Waals surface area contributed by atoms with Crippen molar-refractivity contribution in [3.63, 3.8) is 0 Å². The van der Waals surface area contributed by atoms with Crippen molar-refractivity contribution in [2.75, 3.05) is 17.8 Å². The molecule has 21 heavy (non-hydrogen) atoms. The zero-order chi connectivity index (χ0) is 15.0. The van der Waals surface area contributed by atoms with E-state index in [4.69, 9.17) is 5.11 Å². The van der Waals surface area contributed by atoms with Gasteiger partial charge in [0, 0.05) is 25.7 Å². The van der Waals surface area contributed by atoms with Gasteiger partial charge in [0.25, 0.3) is 0 Å². The lowest BCUT2D eigenvalue weighted by atomic mass is 10.0. The monoisotopic (exact) mass is 311 g/mol. The third kappa shape index (κ3) is 2.68. The molecular formula is C13H17N3O4S. The predicted octanol–water partition coefficient (Wildman–Crippen LogP) is 1.30. The lowest BCUT2D eigenvalue weighted by molar-refractivity contribution is 0.117. The molecule has 1 aromatic rings. The maximum atomic E-state index is 12.3. The van der Waals surface area contributed by atoms with Gasteiger partial charge < -0.3 is 10.0 Å². The Morgan fingerprint density at radius 1 is 1.24 bits per heavy atom. The van der Waals surface area contributed by atoms with Crippen LogP contribution in [0.15, 0.2) is 24.3 Å². The van der Waals surface area contributed by atoms with Gasteiger partial charge in [-0.05, 0) is 24.5 Å². The molecule has 2 heterocycles. The predicted molar refractivity (Wildman–Crippen MR) is 77.1 cm³/mol. The van der Waals surface area contributed by atoms with Gasteiger partial charge in [-0.25, -0.2) is 4.79 Å². The number of nitrogens with zero attached hydrogens (tertiary/aromatic N) is 2. The molecule has 0 aromatic heterocycles. The van der Waals surface area contributed by atoms with Crippen LogP contribution in [0.3, 0.4) is 0 Å². The van der Waals surface area contributed by atoms with Crippen LogP contribution in [0.5, 0.6) is 0 Å². The molecular weight excluding hydrogens is 294 g/mol. The summed E-state index contributed by atoms with van der Waals surface area (Å²) in [6, 6.07) is 7.16. The van der Waals surface area contributed by atoms with Crippen LogP contribution in [0.1, 0.15) is 18.4 Å². The van der Waals surface area contributed by atoms with E-state index in [-0.39, 0.29) is 6.04 Å². The summed E-state index contributed by atoms with van der Waals surface area (Å²) < 4.78 is 28.7. The summed E-state index contributed by atoms with van der Waals surface area (Å²) >= 11 is 0. The number of para-hydroxylation sites is 1. The largest absolute Gasteiger partial charge is 0.465 e. The van der Waals surface area contributed by atoms with Crippen molar-refractivity contribution in [2.24, 2.45) is 0 Å². The Balaban J connectivity index is 1.79. The molecule has 1 amide bonds. The fourth-order valence-corrected chi connectivity index (χ4v) is 4.39. The van der Waals surface area contributed by atoms with E-state index in [0.29, 0.717) is 38.2 Å². The van der Waals surface area contributed by atoms with E-state index in [1.54, 1.807) is 12.1 Å². The number of amides is 1. The molecule has 1 saturated heterocycles. The third-order valence-electron chi connectivity index (χ3n) is 4.03. The number of hydrogen-bond donors (Lipinski definition) is 2. The molecule has 2 aliphatic heterocycles. The van der Waals surface area contributed by atoms with Crippen molar-refractivity contribution in [1.82, 2.24) is 9.21 Å². The summed E-state index contributed by atoms with van der Waals surface area (Å²) in [5, 5.41) is 8.95. The minimum atomic E-state index is -3.56. The van der Waals surface area contributed by atoms with E-state index in [1.165, 1.54) is 9.21 Å². The second-order valence-corrected chi connectivity index (χ2v) is 6.93. The quantitative estimate of drug-likeness (QED) is 0.818.